The van der Waals surface area contributed by atoms with Gasteiger partial charge in [0.15, 0.2) is 0 Å². The molecule has 0 spiro atoms. The number of pyridine rings is 1. The average Bonchev–Trinajstić information content (AvgIpc) is 2.69. The van der Waals surface area contributed by atoms with Crippen LogP contribution in [-0.2, 0) is 0 Å². The van der Waals surface area contributed by atoms with Crippen LogP contribution in [0, 0.1) is 0 Å². The first-order valence-corrected chi connectivity index (χ1v) is 6.78. The van der Waals surface area contributed by atoms with Gasteiger partial charge >= 0.3 is 0 Å². The van der Waals surface area contributed by atoms with E-state index in [0.29, 0.717) is 12.6 Å². The number of hydrogen-bond acceptors (Lipinski definition) is 5. The van der Waals surface area contributed by atoms with Crippen LogP contribution in [0.25, 0.3) is 0 Å². The molecule has 1 aromatic heterocycles. The maximum atomic E-state index is 9.89. The summed E-state index contributed by atoms with van der Waals surface area (Å²) >= 11 is 0. The smallest absolute Gasteiger partial charge is 0.0735 e. The Morgan fingerprint density at radius 3 is 2.79 bits per heavy atom. The van der Waals surface area contributed by atoms with Crippen LogP contribution in [0.2, 0.25) is 0 Å². The van der Waals surface area contributed by atoms with E-state index in [-0.39, 0.29) is 12.1 Å². The fourth-order valence-electron chi connectivity index (χ4n) is 2.64. The van der Waals surface area contributed by atoms with Gasteiger partial charge in [-0.05, 0) is 39.6 Å². The van der Waals surface area contributed by atoms with Gasteiger partial charge in [-0.1, -0.05) is 0 Å². The van der Waals surface area contributed by atoms with E-state index < -0.39 is 0 Å². The van der Waals surface area contributed by atoms with E-state index in [9.17, 15) is 5.11 Å². The maximum absolute atomic E-state index is 9.89. The number of rotatable bonds is 4. The molecule has 1 aliphatic heterocycles. The molecule has 0 radical (unpaired) electrons. The van der Waals surface area contributed by atoms with Crippen LogP contribution in [0.1, 0.15) is 25.1 Å². The molecule has 2 unspecified atom stereocenters. The molecule has 5 heteroatoms. The molecular formula is C14H24N4O. The van der Waals surface area contributed by atoms with Crippen molar-refractivity contribution in [3.05, 3.63) is 24.0 Å². The monoisotopic (exact) mass is 264 g/mol. The van der Waals surface area contributed by atoms with Crippen molar-refractivity contribution in [2.75, 3.05) is 32.1 Å². The molecule has 5 nitrogen and oxygen atoms in total. The van der Waals surface area contributed by atoms with Gasteiger partial charge in [0.2, 0.25) is 0 Å². The van der Waals surface area contributed by atoms with Crippen molar-refractivity contribution >= 4 is 5.69 Å². The number of anilines is 1. The van der Waals surface area contributed by atoms with E-state index in [2.05, 4.69) is 28.9 Å². The van der Waals surface area contributed by atoms with Gasteiger partial charge in [0.1, 0.15) is 0 Å². The first-order valence-electron chi connectivity index (χ1n) is 6.78. The van der Waals surface area contributed by atoms with Crippen molar-refractivity contribution in [1.29, 1.82) is 0 Å². The van der Waals surface area contributed by atoms with Gasteiger partial charge in [-0.3, -0.25) is 4.98 Å². The molecule has 2 rings (SSSR count). The zero-order valence-electron chi connectivity index (χ0n) is 12.0. The lowest BCUT2D eigenvalue weighted by atomic mass is 10.2. The van der Waals surface area contributed by atoms with Crippen molar-refractivity contribution in [3.8, 4) is 0 Å². The van der Waals surface area contributed by atoms with Crippen LogP contribution < -0.4 is 10.6 Å². The van der Waals surface area contributed by atoms with Gasteiger partial charge in [-0.25, -0.2) is 0 Å². The minimum atomic E-state index is -0.252. The third kappa shape index (κ3) is 3.43. The maximum Gasteiger partial charge on any atom is 0.0735 e. The second kappa shape index (κ2) is 5.86. The van der Waals surface area contributed by atoms with Gasteiger partial charge < -0.3 is 20.6 Å². The van der Waals surface area contributed by atoms with Crippen molar-refractivity contribution in [2.45, 2.75) is 31.5 Å². The summed E-state index contributed by atoms with van der Waals surface area (Å²) in [5, 5.41) is 9.89. The molecule has 106 valence electrons. The fraction of sp³-hybridized carbons (Fsp3) is 0.643. The first-order chi connectivity index (χ1) is 8.97. The summed E-state index contributed by atoms with van der Waals surface area (Å²) in [5.74, 6) is 0. The number of aromatic nitrogens is 1. The molecule has 3 atom stereocenters. The molecule has 1 fully saturated rings. The molecule has 1 saturated heterocycles. The standard InChI is InChI=1S/C14H24N4O/c1-10(15)14-5-4-11(7-16-14)18-9-13(19)6-12(18)8-17(2)3/h4-5,7,10,12-13,19H,6,8-9,15H2,1-3H3/t10-,12?,13?/m0/s1. The largest absolute Gasteiger partial charge is 0.391 e. The molecule has 0 aliphatic carbocycles. The molecule has 1 aromatic rings. The zero-order chi connectivity index (χ0) is 14.0. The molecule has 19 heavy (non-hydrogen) atoms. The Morgan fingerprint density at radius 1 is 1.53 bits per heavy atom. The van der Waals surface area contributed by atoms with E-state index in [1.165, 1.54) is 0 Å². The van der Waals surface area contributed by atoms with Crippen LogP contribution in [0.4, 0.5) is 5.69 Å². The average molecular weight is 264 g/mol. The van der Waals surface area contributed by atoms with Gasteiger partial charge in [0.05, 0.1) is 23.7 Å². The summed E-state index contributed by atoms with van der Waals surface area (Å²) in [4.78, 5) is 8.79. The highest BCUT2D eigenvalue weighted by atomic mass is 16.3. The van der Waals surface area contributed by atoms with Gasteiger partial charge in [0, 0.05) is 25.2 Å². The Balaban J connectivity index is 2.14. The SMILES string of the molecule is C[C@H](N)c1ccc(N2CC(O)CC2CN(C)C)cn1. The normalized spacial score (nSPS) is 25.1. The number of nitrogens with two attached hydrogens (primary N) is 1. The zero-order valence-corrected chi connectivity index (χ0v) is 12.0. The van der Waals surface area contributed by atoms with Crippen molar-refractivity contribution < 1.29 is 5.11 Å². The lowest BCUT2D eigenvalue weighted by molar-refractivity contribution is 0.191. The lowest BCUT2D eigenvalue weighted by Crippen LogP contribution is -2.37. The van der Waals surface area contributed by atoms with Crippen LogP contribution >= 0.6 is 0 Å². The second-order valence-electron chi connectivity index (χ2n) is 5.69. The van der Waals surface area contributed by atoms with E-state index in [1.54, 1.807) is 0 Å². The minimum Gasteiger partial charge on any atom is -0.391 e. The van der Waals surface area contributed by atoms with Gasteiger partial charge in [-0.15, -0.1) is 0 Å². The summed E-state index contributed by atoms with van der Waals surface area (Å²) in [6, 6.07) is 4.31. The summed E-state index contributed by atoms with van der Waals surface area (Å²) < 4.78 is 0. The van der Waals surface area contributed by atoms with Crippen molar-refractivity contribution in [1.82, 2.24) is 9.88 Å². The highest BCUT2D eigenvalue weighted by Crippen LogP contribution is 2.26. The molecular weight excluding hydrogens is 240 g/mol. The highest BCUT2D eigenvalue weighted by molar-refractivity contribution is 5.47. The third-order valence-electron chi connectivity index (χ3n) is 3.54. The van der Waals surface area contributed by atoms with Crippen LogP contribution in [0.3, 0.4) is 0 Å². The molecule has 0 amide bonds. The Kier molecular flexibility index (Phi) is 4.39. The Morgan fingerprint density at radius 2 is 2.26 bits per heavy atom. The first kappa shape index (κ1) is 14.2. The Bertz CT molecular complexity index is 404. The van der Waals surface area contributed by atoms with Crippen LogP contribution in [0.15, 0.2) is 18.3 Å². The lowest BCUT2D eigenvalue weighted by Gasteiger charge is -2.28. The topological polar surface area (TPSA) is 65.6 Å². The Labute approximate surface area is 115 Å². The predicted octanol–water partition coefficient (Wildman–Crippen LogP) is 0.602. The van der Waals surface area contributed by atoms with Crippen molar-refractivity contribution in [3.63, 3.8) is 0 Å². The van der Waals surface area contributed by atoms with Gasteiger partial charge in [0.25, 0.3) is 0 Å². The number of nitrogens with zero attached hydrogens (tertiary/aromatic N) is 3. The third-order valence-corrected chi connectivity index (χ3v) is 3.54. The number of aliphatic hydroxyl groups is 1. The summed E-state index contributed by atoms with van der Waals surface area (Å²) in [6.45, 7) is 3.54. The van der Waals surface area contributed by atoms with E-state index in [1.807, 2.05) is 25.3 Å². The number of β-amino-alcohol motifs (C(OH)–C–C–N with tert-alkyl or cyclic N) is 1. The molecule has 0 saturated carbocycles. The summed E-state index contributed by atoms with van der Waals surface area (Å²) in [7, 11) is 4.11. The van der Waals surface area contributed by atoms with E-state index >= 15 is 0 Å². The van der Waals surface area contributed by atoms with E-state index in [4.69, 9.17) is 5.73 Å². The molecule has 0 aromatic carbocycles. The second-order valence-corrected chi connectivity index (χ2v) is 5.69. The molecule has 3 N–H and O–H groups in total. The quantitative estimate of drug-likeness (QED) is 0.834. The highest BCUT2D eigenvalue weighted by Gasteiger charge is 2.31. The molecule has 0 bridgehead atoms. The van der Waals surface area contributed by atoms with E-state index in [0.717, 1.165) is 24.3 Å². The van der Waals surface area contributed by atoms with Crippen molar-refractivity contribution in [2.24, 2.45) is 5.73 Å². The molecule has 1 aliphatic rings. The Hall–Kier alpha value is -1.17. The summed E-state index contributed by atoms with van der Waals surface area (Å²) in [6.07, 6.45) is 2.42. The minimum absolute atomic E-state index is 0.0456. The van der Waals surface area contributed by atoms with Crippen LogP contribution in [-0.4, -0.2) is 54.3 Å². The number of hydrogen-bond donors (Lipinski definition) is 2. The number of likely N-dealkylation sites (N-methyl/N-ethyl adjacent to an activating group) is 1. The van der Waals surface area contributed by atoms with Crippen LogP contribution in [0.5, 0.6) is 0 Å². The summed E-state index contributed by atoms with van der Waals surface area (Å²) in [5.41, 5.74) is 7.77. The fourth-order valence-corrected chi connectivity index (χ4v) is 2.64. The predicted molar refractivity (Wildman–Crippen MR) is 77.2 cm³/mol. The van der Waals surface area contributed by atoms with Gasteiger partial charge in [-0.2, -0.15) is 0 Å². The number of aliphatic hydroxyl groups excluding tert-OH is 1. The molecule has 2 heterocycles.